The van der Waals surface area contributed by atoms with E-state index in [1.807, 2.05) is 6.92 Å². The number of rotatable bonds is 9. The predicted octanol–water partition coefficient (Wildman–Crippen LogP) is 5.89. The van der Waals surface area contributed by atoms with Crippen molar-refractivity contribution in [2.24, 2.45) is 0 Å². The van der Waals surface area contributed by atoms with Crippen LogP contribution in [-0.2, 0) is 20.7 Å². The molecule has 3 aliphatic heterocycles. The Hall–Kier alpha value is -2.26. The van der Waals surface area contributed by atoms with Gasteiger partial charge in [-0.2, -0.15) is 0 Å². The number of fused-ring (bicyclic) bond motifs is 1. The van der Waals surface area contributed by atoms with Crippen LogP contribution in [0.1, 0.15) is 86.3 Å². The number of imide groups is 1. The zero-order valence-electron chi connectivity index (χ0n) is 22.6. The number of nitrogens with one attached hydrogen (secondary N) is 1. The van der Waals surface area contributed by atoms with Crippen molar-refractivity contribution in [3.8, 4) is 11.1 Å². The topological polar surface area (TPSA) is 75.7 Å². The summed E-state index contributed by atoms with van der Waals surface area (Å²) in [4.78, 5) is 39.8. The van der Waals surface area contributed by atoms with Crippen LogP contribution in [0.4, 0.5) is 0 Å². The predicted molar refractivity (Wildman–Crippen MR) is 158 cm³/mol. The molecule has 38 heavy (non-hydrogen) atoms. The molecule has 0 bridgehead atoms. The van der Waals surface area contributed by atoms with Crippen LogP contribution in [0.15, 0.2) is 36.4 Å². The summed E-state index contributed by atoms with van der Waals surface area (Å²) >= 11 is -1.52. The zero-order valence-corrected chi connectivity index (χ0v) is 24.7. The normalized spacial score (nSPS) is 22.5. The summed E-state index contributed by atoms with van der Waals surface area (Å²) in [5.41, 5.74) is 5.55. The van der Waals surface area contributed by atoms with Crippen molar-refractivity contribution in [2.45, 2.75) is 77.3 Å². The van der Waals surface area contributed by atoms with Crippen molar-refractivity contribution < 1.29 is 19.1 Å². The van der Waals surface area contributed by atoms with Crippen LogP contribution in [-0.4, -0.2) is 50.7 Å². The van der Waals surface area contributed by atoms with Crippen LogP contribution in [0.5, 0.6) is 0 Å². The number of nitrogens with zero attached hydrogens (tertiary/aromatic N) is 1. The average molecular weight is 631 g/mol. The van der Waals surface area contributed by atoms with Gasteiger partial charge in [0, 0.05) is 0 Å². The Labute approximate surface area is 233 Å². The van der Waals surface area contributed by atoms with E-state index in [1.165, 1.54) is 52.4 Å². The second-order valence-electron chi connectivity index (χ2n) is 10.6. The Balaban J connectivity index is 1.44. The van der Waals surface area contributed by atoms with Crippen LogP contribution < -0.4 is 5.32 Å². The molecule has 0 spiro atoms. The number of alkyl halides is 2. The molecule has 0 saturated carbocycles. The standard InChI is InChI=1S/C31H39IN2O4/c1-3-4-5-6-7-8-22-9-11-23(12-10-22)25-19-24-21(2)34(28-13-14-29(35)33-30(28)36)31(37)26(24)20-27(25)32-15-17-38-18-16-32/h9-12,19-21,28H,3-8,13-18H2,1-2H3,(H,33,35,36). The Morgan fingerprint density at radius 1 is 0.974 bits per heavy atom. The van der Waals surface area contributed by atoms with Gasteiger partial charge in [-0.05, 0) is 0 Å². The van der Waals surface area contributed by atoms with E-state index in [2.05, 4.69) is 48.6 Å². The zero-order chi connectivity index (χ0) is 26.6. The molecule has 7 heteroatoms. The maximum absolute atomic E-state index is 13.7. The van der Waals surface area contributed by atoms with E-state index in [0.29, 0.717) is 6.42 Å². The molecule has 6 nitrogen and oxygen atoms in total. The summed E-state index contributed by atoms with van der Waals surface area (Å²) in [6.45, 7) is 5.85. The maximum atomic E-state index is 13.7. The number of unbranched alkanes of at least 4 members (excludes halogenated alkanes) is 4. The van der Waals surface area contributed by atoms with Gasteiger partial charge in [0.05, 0.1) is 0 Å². The number of carbonyl (C=O) groups is 3. The second-order valence-corrected chi connectivity index (χ2v) is 16.5. The molecule has 2 atom stereocenters. The van der Waals surface area contributed by atoms with Crippen molar-refractivity contribution in [1.29, 1.82) is 0 Å². The molecule has 204 valence electrons. The van der Waals surface area contributed by atoms with Crippen molar-refractivity contribution in [1.82, 2.24) is 10.2 Å². The fourth-order valence-corrected chi connectivity index (χ4v) is 11.3. The van der Waals surface area contributed by atoms with E-state index in [-0.39, 0.29) is 30.2 Å². The van der Waals surface area contributed by atoms with E-state index >= 15 is 0 Å². The van der Waals surface area contributed by atoms with Crippen molar-refractivity contribution in [3.05, 3.63) is 56.7 Å². The number of piperidine rings is 1. The Morgan fingerprint density at radius 3 is 2.42 bits per heavy atom. The third-order valence-corrected chi connectivity index (χ3v) is 14.1. The van der Waals surface area contributed by atoms with Gasteiger partial charge < -0.3 is 0 Å². The summed E-state index contributed by atoms with van der Waals surface area (Å²) in [5, 5.41) is 2.43. The fraction of sp³-hybridized carbons (Fsp3) is 0.516. The van der Waals surface area contributed by atoms with Crippen molar-refractivity contribution in [3.63, 3.8) is 0 Å². The number of benzene rings is 2. The van der Waals surface area contributed by atoms with E-state index in [4.69, 9.17) is 4.74 Å². The first-order chi connectivity index (χ1) is 18.5. The molecule has 3 aliphatic rings. The number of hydrogen-bond donors (Lipinski definition) is 1. The molecule has 2 saturated heterocycles. The molecular weight excluding hydrogens is 591 g/mol. The molecular formula is C31H39IN2O4. The molecule has 3 heterocycles. The first-order valence-corrected chi connectivity index (χ1v) is 18.2. The molecule has 1 N–H and O–H groups in total. The molecule has 0 aliphatic carbocycles. The molecule has 2 unspecified atom stereocenters. The third-order valence-electron chi connectivity index (χ3n) is 8.04. The van der Waals surface area contributed by atoms with Gasteiger partial charge in [-0.15, -0.1) is 0 Å². The molecule has 3 amide bonds. The van der Waals surface area contributed by atoms with Crippen LogP contribution in [0.2, 0.25) is 0 Å². The fourth-order valence-electron chi connectivity index (χ4n) is 5.87. The molecule has 2 fully saturated rings. The SMILES string of the molecule is CCCCCCCc1ccc(-c2cc3c(cc2I2CCOCC2)C(=O)N(C2CCC(=O)NC2=O)C3C)cc1. The van der Waals surface area contributed by atoms with Crippen LogP contribution in [0.25, 0.3) is 11.1 Å². The summed E-state index contributed by atoms with van der Waals surface area (Å²) in [6, 6.07) is 12.6. The van der Waals surface area contributed by atoms with Crippen LogP contribution in [0, 0.1) is 3.57 Å². The summed E-state index contributed by atoms with van der Waals surface area (Å²) in [7, 11) is 0. The van der Waals surface area contributed by atoms with Gasteiger partial charge in [0.25, 0.3) is 0 Å². The molecule has 0 aromatic heterocycles. The van der Waals surface area contributed by atoms with Crippen molar-refractivity contribution in [2.75, 3.05) is 22.1 Å². The van der Waals surface area contributed by atoms with E-state index in [9.17, 15) is 14.4 Å². The van der Waals surface area contributed by atoms with Gasteiger partial charge in [0.2, 0.25) is 0 Å². The number of amides is 3. The van der Waals surface area contributed by atoms with E-state index < -0.39 is 25.9 Å². The average Bonchev–Trinajstić information content (AvgIpc) is 3.17. The number of ether oxygens (including phenoxy) is 1. The summed E-state index contributed by atoms with van der Waals surface area (Å²) in [6.07, 6.45) is 8.18. The van der Waals surface area contributed by atoms with Gasteiger partial charge >= 0.3 is 227 Å². The van der Waals surface area contributed by atoms with Gasteiger partial charge in [0.1, 0.15) is 0 Å². The van der Waals surface area contributed by atoms with Gasteiger partial charge in [0.15, 0.2) is 0 Å². The van der Waals surface area contributed by atoms with E-state index in [1.54, 1.807) is 4.90 Å². The van der Waals surface area contributed by atoms with Crippen molar-refractivity contribution >= 4 is 37.5 Å². The molecule has 2 aromatic carbocycles. The Bertz CT molecular complexity index is 1190. The first-order valence-electron chi connectivity index (χ1n) is 14.1. The van der Waals surface area contributed by atoms with E-state index in [0.717, 1.165) is 39.6 Å². The number of carbonyl (C=O) groups excluding carboxylic acids is 3. The first kappa shape index (κ1) is 27.3. The Morgan fingerprint density at radius 2 is 1.71 bits per heavy atom. The monoisotopic (exact) mass is 630 g/mol. The summed E-state index contributed by atoms with van der Waals surface area (Å²) < 4.78 is 9.22. The van der Waals surface area contributed by atoms with Gasteiger partial charge in [-0.25, -0.2) is 0 Å². The minimum absolute atomic E-state index is 0.0858. The quantitative estimate of drug-likeness (QED) is 0.162. The van der Waals surface area contributed by atoms with Crippen LogP contribution >= 0.6 is 19.8 Å². The second kappa shape index (κ2) is 12.3. The number of aryl methyl sites for hydroxylation is 1. The molecule has 2 aromatic rings. The van der Waals surface area contributed by atoms with Gasteiger partial charge in [-0.1, -0.05) is 6.92 Å². The molecule has 5 rings (SSSR count). The number of halogens is 1. The molecule has 0 radical (unpaired) electrons. The Kier molecular flexibility index (Phi) is 8.83. The van der Waals surface area contributed by atoms with Gasteiger partial charge in [-0.3, -0.25) is 0 Å². The summed E-state index contributed by atoms with van der Waals surface area (Å²) in [5.74, 6) is -0.708. The minimum atomic E-state index is -1.52. The third kappa shape index (κ3) is 5.69. The van der Waals surface area contributed by atoms with Crippen LogP contribution in [0.3, 0.4) is 0 Å². The number of hydrogen-bond acceptors (Lipinski definition) is 4.